The molecular weight excluding hydrogens is 264 g/mol. The van der Waals surface area contributed by atoms with Crippen LogP contribution in [-0.4, -0.2) is 18.6 Å². The van der Waals surface area contributed by atoms with Crippen LogP contribution in [0.3, 0.4) is 0 Å². The van der Waals surface area contributed by atoms with Crippen LogP contribution in [0.2, 0.25) is 5.02 Å². The Morgan fingerprint density at radius 1 is 1.47 bits per heavy atom. The van der Waals surface area contributed by atoms with E-state index in [-0.39, 0.29) is 11.3 Å². The molecular formula is C14H21ClN2O2. The smallest absolute Gasteiger partial charge is 0.241 e. The molecule has 106 valence electrons. The Morgan fingerprint density at radius 2 is 2.11 bits per heavy atom. The second-order valence-corrected chi connectivity index (χ2v) is 5.84. The van der Waals surface area contributed by atoms with Crippen molar-refractivity contribution in [2.24, 2.45) is 11.1 Å². The van der Waals surface area contributed by atoms with Gasteiger partial charge in [0.05, 0.1) is 18.3 Å². The molecule has 1 aromatic rings. The second kappa shape index (κ2) is 6.26. The van der Waals surface area contributed by atoms with Crippen LogP contribution in [0.15, 0.2) is 18.2 Å². The number of anilines is 1. The highest BCUT2D eigenvalue weighted by Gasteiger charge is 2.28. The van der Waals surface area contributed by atoms with Gasteiger partial charge in [-0.3, -0.25) is 4.79 Å². The number of rotatable bonds is 4. The highest BCUT2D eigenvalue weighted by molar-refractivity contribution is 6.31. The summed E-state index contributed by atoms with van der Waals surface area (Å²) in [5.41, 5.74) is 6.15. The van der Waals surface area contributed by atoms with Crippen LogP contribution < -0.4 is 15.8 Å². The molecule has 0 aliphatic carbocycles. The molecule has 0 heterocycles. The molecule has 19 heavy (non-hydrogen) atoms. The predicted molar refractivity (Wildman–Crippen MR) is 78.7 cm³/mol. The number of amides is 1. The lowest BCUT2D eigenvalue weighted by Gasteiger charge is -2.26. The zero-order valence-electron chi connectivity index (χ0n) is 11.8. The van der Waals surface area contributed by atoms with E-state index in [1.54, 1.807) is 18.2 Å². The number of carbonyl (C=O) groups is 1. The summed E-state index contributed by atoms with van der Waals surface area (Å²) in [5, 5.41) is 3.30. The highest BCUT2D eigenvalue weighted by Crippen LogP contribution is 2.29. The summed E-state index contributed by atoms with van der Waals surface area (Å²) in [4.78, 5) is 12.1. The summed E-state index contributed by atoms with van der Waals surface area (Å²) in [6.07, 6.45) is 0. The molecule has 0 aromatic heterocycles. The van der Waals surface area contributed by atoms with Gasteiger partial charge in [-0.05, 0) is 30.5 Å². The molecule has 0 saturated heterocycles. The molecule has 0 saturated carbocycles. The number of benzene rings is 1. The Balaban J connectivity index is 2.92. The number of halogens is 1. The summed E-state index contributed by atoms with van der Waals surface area (Å²) in [5.74, 6) is 0.331. The molecule has 3 N–H and O–H groups in total. The van der Waals surface area contributed by atoms with Gasteiger partial charge in [0.1, 0.15) is 5.75 Å². The average Bonchev–Trinajstić information content (AvgIpc) is 2.30. The minimum absolute atomic E-state index is 0.254. The molecule has 0 aliphatic rings. The summed E-state index contributed by atoms with van der Waals surface area (Å²) >= 11 is 5.93. The van der Waals surface area contributed by atoms with E-state index in [1.807, 2.05) is 27.7 Å². The van der Waals surface area contributed by atoms with Crippen LogP contribution in [-0.2, 0) is 4.79 Å². The first-order valence-electron chi connectivity index (χ1n) is 6.24. The maximum Gasteiger partial charge on any atom is 0.241 e. The monoisotopic (exact) mass is 284 g/mol. The van der Waals surface area contributed by atoms with Gasteiger partial charge in [-0.2, -0.15) is 0 Å². The fraction of sp³-hybridized carbons (Fsp3) is 0.500. The maximum absolute atomic E-state index is 12.1. The van der Waals surface area contributed by atoms with Crippen LogP contribution >= 0.6 is 11.6 Å². The minimum atomic E-state index is -0.610. The third kappa shape index (κ3) is 4.40. The minimum Gasteiger partial charge on any atom is -0.492 e. The van der Waals surface area contributed by atoms with E-state index in [2.05, 4.69) is 5.32 Å². The van der Waals surface area contributed by atoms with Crippen molar-refractivity contribution >= 4 is 23.2 Å². The average molecular weight is 285 g/mol. The fourth-order valence-electron chi connectivity index (χ4n) is 1.49. The molecule has 0 spiro atoms. The number of nitrogens with one attached hydrogen (secondary N) is 1. The van der Waals surface area contributed by atoms with Crippen molar-refractivity contribution in [1.29, 1.82) is 0 Å². The zero-order chi connectivity index (χ0) is 14.6. The first-order valence-corrected chi connectivity index (χ1v) is 6.62. The van der Waals surface area contributed by atoms with Gasteiger partial charge in [0.25, 0.3) is 0 Å². The Hall–Kier alpha value is -1.26. The predicted octanol–water partition coefficient (Wildman–Crippen LogP) is 3.05. The third-order valence-corrected chi connectivity index (χ3v) is 2.95. The number of hydrogen-bond acceptors (Lipinski definition) is 3. The van der Waals surface area contributed by atoms with Crippen LogP contribution in [0.1, 0.15) is 27.7 Å². The Labute approximate surface area is 119 Å². The lowest BCUT2D eigenvalue weighted by Crippen LogP contribution is -2.45. The van der Waals surface area contributed by atoms with Gasteiger partial charge in [0.2, 0.25) is 5.91 Å². The molecule has 1 atom stereocenters. The largest absolute Gasteiger partial charge is 0.492 e. The summed E-state index contributed by atoms with van der Waals surface area (Å²) < 4.78 is 5.44. The first-order chi connectivity index (χ1) is 8.75. The van der Waals surface area contributed by atoms with Crippen molar-refractivity contribution in [2.75, 3.05) is 11.9 Å². The van der Waals surface area contributed by atoms with Crippen LogP contribution in [0.5, 0.6) is 5.75 Å². The van der Waals surface area contributed by atoms with Gasteiger partial charge in [0, 0.05) is 5.02 Å². The Kier molecular flexibility index (Phi) is 5.20. The highest BCUT2D eigenvalue weighted by atomic mass is 35.5. The SMILES string of the molecule is CCOc1ccc(Cl)cc1NC(=O)[C@H](N)C(C)(C)C. The summed E-state index contributed by atoms with van der Waals surface area (Å²) in [6.45, 7) is 8.13. The maximum atomic E-state index is 12.1. The van der Waals surface area contributed by atoms with Gasteiger partial charge < -0.3 is 15.8 Å². The molecule has 0 unspecified atom stereocenters. The lowest BCUT2D eigenvalue weighted by atomic mass is 9.87. The van der Waals surface area contributed by atoms with Gasteiger partial charge in [-0.25, -0.2) is 0 Å². The number of carbonyl (C=O) groups excluding carboxylic acids is 1. The second-order valence-electron chi connectivity index (χ2n) is 5.41. The quantitative estimate of drug-likeness (QED) is 0.893. The standard InChI is InChI=1S/C14H21ClN2O2/c1-5-19-11-7-6-9(15)8-10(11)17-13(18)12(16)14(2,3)4/h6-8,12H,5,16H2,1-4H3,(H,17,18)/t12-/m0/s1. The third-order valence-electron chi connectivity index (χ3n) is 2.71. The van der Waals surface area contributed by atoms with Crippen molar-refractivity contribution < 1.29 is 9.53 Å². The van der Waals surface area contributed by atoms with Crippen molar-refractivity contribution in [3.8, 4) is 5.75 Å². The first kappa shape index (κ1) is 15.8. The van der Waals surface area contributed by atoms with Crippen LogP contribution in [0.4, 0.5) is 5.69 Å². The number of hydrogen-bond donors (Lipinski definition) is 2. The van der Waals surface area contributed by atoms with Gasteiger partial charge in [-0.1, -0.05) is 32.4 Å². The van der Waals surface area contributed by atoms with Crippen LogP contribution in [0, 0.1) is 5.41 Å². The number of nitrogens with two attached hydrogens (primary N) is 1. The van der Waals surface area contributed by atoms with E-state index in [9.17, 15) is 4.79 Å². The van der Waals surface area contributed by atoms with E-state index in [4.69, 9.17) is 22.1 Å². The molecule has 0 bridgehead atoms. The van der Waals surface area contributed by atoms with E-state index in [0.717, 1.165) is 0 Å². The van der Waals surface area contributed by atoms with Crippen molar-refractivity contribution in [3.63, 3.8) is 0 Å². The van der Waals surface area contributed by atoms with E-state index < -0.39 is 6.04 Å². The van der Waals surface area contributed by atoms with Crippen molar-refractivity contribution in [2.45, 2.75) is 33.7 Å². The molecule has 1 amide bonds. The van der Waals surface area contributed by atoms with Crippen LogP contribution in [0.25, 0.3) is 0 Å². The topological polar surface area (TPSA) is 64.3 Å². The molecule has 1 aromatic carbocycles. The number of ether oxygens (including phenoxy) is 1. The summed E-state index contributed by atoms with van der Waals surface area (Å²) in [6, 6.07) is 4.48. The molecule has 5 heteroatoms. The fourth-order valence-corrected chi connectivity index (χ4v) is 1.66. The Morgan fingerprint density at radius 3 is 2.63 bits per heavy atom. The normalized spacial score (nSPS) is 12.9. The molecule has 0 aliphatic heterocycles. The van der Waals surface area contributed by atoms with Gasteiger partial charge >= 0.3 is 0 Å². The summed E-state index contributed by atoms with van der Waals surface area (Å²) in [7, 11) is 0. The lowest BCUT2D eigenvalue weighted by molar-refractivity contribution is -0.119. The molecule has 1 rings (SSSR count). The van der Waals surface area contributed by atoms with Gasteiger partial charge in [0.15, 0.2) is 0 Å². The van der Waals surface area contributed by atoms with E-state index in [1.165, 1.54) is 0 Å². The zero-order valence-corrected chi connectivity index (χ0v) is 12.5. The molecule has 4 nitrogen and oxygen atoms in total. The molecule has 0 fully saturated rings. The molecule has 0 radical (unpaired) electrons. The van der Waals surface area contributed by atoms with Gasteiger partial charge in [-0.15, -0.1) is 0 Å². The van der Waals surface area contributed by atoms with E-state index in [0.29, 0.717) is 23.1 Å². The van der Waals surface area contributed by atoms with Crippen molar-refractivity contribution in [1.82, 2.24) is 0 Å². The Bertz CT molecular complexity index is 455. The van der Waals surface area contributed by atoms with Crippen molar-refractivity contribution in [3.05, 3.63) is 23.2 Å². The van der Waals surface area contributed by atoms with E-state index >= 15 is 0 Å².